The summed E-state index contributed by atoms with van der Waals surface area (Å²) in [5.41, 5.74) is 0.411. The van der Waals surface area contributed by atoms with Gasteiger partial charge >= 0.3 is 0 Å². The number of nitrogens with one attached hydrogen (secondary N) is 1. The normalized spacial score (nSPS) is 27.0. The Kier molecular flexibility index (Phi) is 4.52. The van der Waals surface area contributed by atoms with Crippen LogP contribution in [0.25, 0.3) is 0 Å². The van der Waals surface area contributed by atoms with Gasteiger partial charge in [0, 0.05) is 31.2 Å². The van der Waals surface area contributed by atoms with Crippen molar-refractivity contribution in [2.24, 2.45) is 0 Å². The molecule has 3 rings (SSSR count). The molecule has 0 radical (unpaired) electrons. The molecule has 1 N–H and O–H groups in total. The van der Waals surface area contributed by atoms with E-state index in [0.29, 0.717) is 17.8 Å². The maximum atomic E-state index is 13.9. The number of rotatable bonds is 5. The molecule has 0 saturated carbocycles. The summed E-state index contributed by atoms with van der Waals surface area (Å²) in [7, 11) is 1.79. The molecule has 0 amide bonds. The molecule has 0 aliphatic carbocycles. The Hall–Kier alpha value is -1.04. The van der Waals surface area contributed by atoms with Gasteiger partial charge in [-0.25, -0.2) is 8.78 Å². The van der Waals surface area contributed by atoms with Crippen LogP contribution in [0.2, 0.25) is 0 Å². The van der Waals surface area contributed by atoms with Crippen molar-refractivity contribution in [3.8, 4) is 0 Å². The number of hydrogen-bond acceptors (Lipinski definition) is 3. The number of ether oxygens (including phenoxy) is 1. The first-order valence-electron chi connectivity index (χ1n) is 7.66. The summed E-state index contributed by atoms with van der Waals surface area (Å²) in [6.07, 6.45) is 3.78. The van der Waals surface area contributed by atoms with Crippen molar-refractivity contribution in [3.05, 3.63) is 35.4 Å². The molecule has 0 spiro atoms. The second kappa shape index (κ2) is 6.38. The Morgan fingerprint density at radius 3 is 2.67 bits per heavy atom. The molecule has 0 aromatic heterocycles. The maximum Gasteiger partial charge on any atom is 0.163 e. The molecule has 2 saturated heterocycles. The highest BCUT2D eigenvalue weighted by Crippen LogP contribution is 2.27. The second-order valence-electron chi connectivity index (χ2n) is 5.99. The number of nitrogens with zero attached hydrogens (tertiary/aromatic N) is 1. The van der Waals surface area contributed by atoms with Crippen molar-refractivity contribution in [1.29, 1.82) is 0 Å². The minimum atomic E-state index is -0.780. The highest BCUT2D eigenvalue weighted by atomic mass is 19.2. The van der Waals surface area contributed by atoms with E-state index in [0.717, 1.165) is 45.0 Å². The van der Waals surface area contributed by atoms with Gasteiger partial charge in [0.25, 0.3) is 0 Å². The lowest BCUT2D eigenvalue weighted by Gasteiger charge is -2.33. The largest absolute Gasteiger partial charge is 0.372 e. The summed E-state index contributed by atoms with van der Waals surface area (Å²) in [4.78, 5) is 2.38. The highest BCUT2D eigenvalue weighted by Gasteiger charge is 2.33. The second-order valence-corrected chi connectivity index (χ2v) is 5.99. The first-order chi connectivity index (χ1) is 10.2. The van der Waals surface area contributed by atoms with E-state index in [1.54, 1.807) is 19.2 Å². The van der Waals surface area contributed by atoms with E-state index in [9.17, 15) is 8.78 Å². The fourth-order valence-corrected chi connectivity index (χ4v) is 3.44. The van der Waals surface area contributed by atoms with Gasteiger partial charge in [-0.2, -0.15) is 0 Å². The fourth-order valence-electron chi connectivity index (χ4n) is 3.44. The van der Waals surface area contributed by atoms with Crippen molar-refractivity contribution in [2.45, 2.75) is 37.5 Å². The van der Waals surface area contributed by atoms with Crippen molar-refractivity contribution >= 4 is 0 Å². The van der Waals surface area contributed by atoms with E-state index < -0.39 is 11.6 Å². The summed E-state index contributed by atoms with van der Waals surface area (Å²) in [6.45, 7) is 2.79. The van der Waals surface area contributed by atoms with Crippen LogP contribution in [0.15, 0.2) is 18.2 Å². The van der Waals surface area contributed by atoms with Crippen LogP contribution in [-0.4, -0.2) is 43.8 Å². The molecule has 3 nitrogen and oxygen atoms in total. The highest BCUT2D eigenvalue weighted by molar-refractivity contribution is 5.22. The summed E-state index contributed by atoms with van der Waals surface area (Å²) in [5, 5.41) is 3.10. The third kappa shape index (κ3) is 3.25. The Bertz CT molecular complexity index is 485. The van der Waals surface area contributed by atoms with Gasteiger partial charge in [0.1, 0.15) is 0 Å². The van der Waals surface area contributed by atoms with Crippen LogP contribution < -0.4 is 5.32 Å². The molecule has 3 atom stereocenters. The Morgan fingerprint density at radius 2 is 2.00 bits per heavy atom. The standard InChI is InChI=1S/C16H22F2N2O/c1-19-15(13-3-2-4-14(17)16(13)18)7-8-20-9-11-5-6-12(10-20)21-11/h2-4,11-12,15,19H,5-10H2,1H3. The number of likely N-dealkylation sites (tertiary alicyclic amines) is 1. The van der Waals surface area contributed by atoms with Gasteiger partial charge in [-0.3, -0.25) is 4.90 Å². The van der Waals surface area contributed by atoms with Crippen molar-refractivity contribution in [2.75, 3.05) is 26.7 Å². The zero-order valence-electron chi connectivity index (χ0n) is 12.3. The van der Waals surface area contributed by atoms with Crippen LogP contribution >= 0.6 is 0 Å². The smallest absolute Gasteiger partial charge is 0.163 e. The van der Waals surface area contributed by atoms with E-state index >= 15 is 0 Å². The minimum Gasteiger partial charge on any atom is -0.372 e. The first-order valence-corrected chi connectivity index (χ1v) is 7.66. The third-order valence-corrected chi connectivity index (χ3v) is 4.56. The molecule has 2 aliphatic heterocycles. The van der Waals surface area contributed by atoms with E-state index in [2.05, 4.69) is 10.2 Å². The Labute approximate surface area is 124 Å². The molecule has 3 unspecified atom stereocenters. The quantitative estimate of drug-likeness (QED) is 0.903. The maximum absolute atomic E-state index is 13.9. The molecule has 2 heterocycles. The van der Waals surface area contributed by atoms with Crippen molar-refractivity contribution in [3.63, 3.8) is 0 Å². The van der Waals surface area contributed by atoms with E-state index in [1.165, 1.54) is 0 Å². The summed E-state index contributed by atoms with van der Waals surface area (Å²) < 4.78 is 33.1. The van der Waals surface area contributed by atoms with E-state index in [1.807, 2.05) is 0 Å². The zero-order valence-corrected chi connectivity index (χ0v) is 12.3. The van der Waals surface area contributed by atoms with Crippen LogP contribution in [0.4, 0.5) is 8.78 Å². The van der Waals surface area contributed by atoms with Gasteiger partial charge in [-0.1, -0.05) is 12.1 Å². The zero-order chi connectivity index (χ0) is 14.8. The van der Waals surface area contributed by atoms with Crippen molar-refractivity contribution in [1.82, 2.24) is 10.2 Å². The summed E-state index contributed by atoms with van der Waals surface area (Å²) >= 11 is 0. The van der Waals surface area contributed by atoms with Gasteiger partial charge in [-0.15, -0.1) is 0 Å². The molecule has 5 heteroatoms. The molecular formula is C16H22F2N2O. The number of halogens is 2. The predicted octanol–water partition coefficient (Wildman–Crippen LogP) is 2.48. The SMILES string of the molecule is CNC(CCN1CC2CCC(C1)O2)c1cccc(F)c1F. The van der Waals surface area contributed by atoms with Gasteiger partial charge in [0.15, 0.2) is 11.6 Å². The molecule has 2 aliphatic rings. The summed E-state index contributed by atoms with van der Waals surface area (Å²) in [5.74, 6) is -1.52. The number of benzene rings is 1. The third-order valence-electron chi connectivity index (χ3n) is 4.56. The fraction of sp³-hybridized carbons (Fsp3) is 0.625. The van der Waals surface area contributed by atoms with Crippen LogP contribution in [0.5, 0.6) is 0 Å². The monoisotopic (exact) mass is 296 g/mol. The number of hydrogen-bond donors (Lipinski definition) is 1. The topological polar surface area (TPSA) is 24.5 Å². The van der Waals surface area contributed by atoms with Gasteiger partial charge in [0.2, 0.25) is 0 Å². The molecule has 2 bridgehead atoms. The summed E-state index contributed by atoms with van der Waals surface area (Å²) in [6, 6.07) is 4.21. The van der Waals surface area contributed by atoms with E-state index in [-0.39, 0.29) is 6.04 Å². The minimum absolute atomic E-state index is 0.166. The lowest BCUT2D eigenvalue weighted by Crippen LogP contribution is -2.43. The van der Waals surface area contributed by atoms with Crippen LogP contribution in [0.1, 0.15) is 30.9 Å². The molecule has 2 fully saturated rings. The average Bonchev–Trinajstić information content (AvgIpc) is 2.82. The molecule has 21 heavy (non-hydrogen) atoms. The van der Waals surface area contributed by atoms with Gasteiger partial charge in [0.05, 0.1) is 12.2 Å². The molecule has 116 valence electrons. The van der Waals surface area contributed by atoms with Crippen LogP contribution in [0.3, 0.4) is 0 Å². The number of fused-ring (bicyclic) bond motifs is 2. The lowest BCUT2D eigenvalue weighted by molar-refractivity contribution is -0.0390. The molecule has 1 aromatic carbocycles. The van der Waals surface area contributed by atoms with Gasteiger partial charge < -0.3 is 10.1 Å². The van der Waals surface area contributed by atoms with Crippen molar-refractivity contribution < 1.29 is 13.5 Å². The molecular weight excluding hydrogens is 274 g/mol. The Balaban J connectivity index is 1.61. The van der Waals surface area contributed by atoms with E-state index in [4.69, 9.17) is 4.74 Å². The molecule has 1 aromatic rings. The van der Waals surface area contributed by atoms with Crippen LogP contribution in [0, 0.1) is 11.6 Å². The number of morpholine rings is 1. The van der Waals surface area contributed by atoms with Crippen LogP contribution in [-0.2, 0) is 4.74 Å². The predicted molar refractivity (Wildman–Crippen MR) is 77.1 cm³/mol. The van der Waals surface area contributed by atoms with Gasteiger partial charge in [-0.05, 0) is 32.4 Å². The Morgan fingerprint density at radius 1 is 1.29 bits per heavy atom. The first kappa shape index (κ1) is 14.9. The average molecular weight is 296 g/mol. The lowest BCUT2D eigenvalue weighted by atomic mass is 10.0.